The minimum atomic E-state index is -3.46. The first kappa shape index (κ1) is 24.9. The van der Waals surface area contributed by atoms with Crippen LogP contribution < -0.4 is 0 Å². The van der Waals surface area contributed by atoms with E-state index in [9.17, 15) is 18.0 Å². The van der Waals surface area contributed by atoms with E-state index in [2.05, 4.69) is 0 Å². The van der Waals surface area contributed by atoms with Crippen molar-refractivity contribution in [2.24, 2.45) is 0 Å². The molecule has 0 spiro atoms. The highest BCUT2D eigenvalue weighted by molar-refractivity contribution is 7.89. The van der Waals surface area contributed by atoms with Crippen LogP contribution in [0.4, 0.5) is 0 Å². The molecule has 0 radical (unpaired) electrons. The van der Waals surface area contributed by atoms with Gasteiger partial charge in [0.25, 0.3) is 5.91 Å². The third kappa shape index (κ3) is 7.14. The molecule has 0 unspecified atom stereocenters. The fraction of sp³-hybridized carbons (Fsp3) is 0.440. The molecule has 8 heteroatoms. The Labute approximate surface area is 196 Å². The number of esters is 1. The van der Waals surface area contributed by atoms with Crippen molar-refractivity contribution < 1.29 is 22.7 Å². The smallest absolute Gasteiger partial charge is 0.306 e. The highest BCUT2D eigenvalue weighted by atomic mass is 32.2. The summed E-state index contributed by atoms with van der Waals surface area (Å²) < 4.78 is 32.2. The second-order valence-corrected chi connectivity index (χ2v) is 10.1. The zero-order valence-electron chi connectivity index (χ0n) is 19.1. The van der Waals surface area contributed by atoms with Crippen molar-refractivity contribution in [2.75, 3.05) is 26.2 Å². The van der Waals surface area contributed by atoms with E-state index in [4.69, 9.17) is 4.74 Å². The molecule has 33 heavy (non-hydrogen) atoms. The van der Waals surface area contributed by atoms with E-state index >= 15 is 0 Å². The molecule has 2 aromatic rings. The van der Waals surface area contributed by atoms with Crippen LogP contribution in [0.25, 0.3) is 0 Å². The largest absolute Gasteiger partial charge is 0.456 e. The summed E-state index contributed by atoms with van der Waals surface area (Å²) in [5, 5.41) is 0. The van der Waals surface area contributed by atoms with E-state index in [1.54, 1.807) is 29.2 Å². The molecule has 0 saturated carbocycles. The first-order valence-electron chi connectivity index (χ1n) is 11.5. The zero-order chi connectivity index (χ0) is 23.7. The second-order valence-electron chi connectivity index (χ2n) is 8.16. The maximum absolute atomic E-state index is 12.7. The lowest BCUT2D eigenvalue weighted by Gasteiger charge is -2.25. The van der Waals surface area contributed by atoms with Crippen LogP contribution in [-0.2, 0) is 37.3 Å². The van der Waals surface area contributed by atoms with Gasteiger partial charge in [0.15, 0.2) is 6.61 Å². The molecule has 0 atom stereocenters. The number of aryl methyl sites for hydroxylation is 1. The first-order chi connectivity index (χ1) is 15.9. The van der Waals surface area contributed by atoms with Crippen LogP contribution in [0.1, 0.15) is 43.7 Å². The normalized spacial score (nSPS) is 14.6. The van der Waals surface area contributed by atoms with Gasteiger partial charge in [-0.3, -0.25) is 9.59 Å². The number of nitrogens with zero attached hydrogens (tertiary/aromatic N) is 2. The predicted molar refractivity (Wildman–Crippen MR) is 126 cm³/mol. The van der Waals surface area contributed by atoms with Crippen molar-refractivity contribution >= 4 is 21.9 Å². The lowest BCUT2D eigenvalue weighted by Crippen LogP contribution is -2.35. The summed E-state index contributed by atoms with van der Waals surface area (Å²) in [6, 6.07) is 16.3. The Bertz CT molecular complexity index is 1020. The van der Waals surface area contributed by atoms with Crippen molar-refractivity contribution in [1.82, 2.24) is 9.21 Å². The molecule has 3 rings (SSSR count). The van der Waals surface area contributed by atoms with E-state index in [1.807, 2.05) is 37.3 Å². The molecule has 0 aromatic heterocycles. The maximum atomic E-state index is 12.7. The Hall–Kier alpha value is -2.71. The number of ether oxygens (including phenoxy) is 1. The molecule has 1 amide bonds. The molecule has 1 saturated heterocycles. The fourth-order valence-corrected chi connectivity index (χ4v) is 5.33. The monoisotopic (exact) mass is 472 g/mol. The molecule has 1 heterocycles. The molecular formula is C25H32N2O5S. The van der Waals surface area contributed by atoms with E-state index in [0.717, 1.165) is 30.4 Å². The summed E-state index contributed by atoms with van der Waals surface area (Å²) in [7, 11) is -3.46. The Kier molecular flexibility index (Phi) is 9.03. The Morgan fingerprint density at radius 3 is 2.24 bits per heavy atom. The third-order valence-corrected chi connectivity index (χ3v) is 7.71. The fourth-order valence-electron chi connectivity index (χ4n) is 3.81. The number of carbonyl (C=O) groups is 2. The standard InChI is InChI=1S/C25H32N2O5S/c1-2-26(19-22-9-5-3-6-10-22)24(28)20-32-25(29)16-13-21-11-14-23(15-12-21)33(30,31)27-17-7-4-8-18-27/h3,5-6,9-12,14-15H,2,4,7-8,13,16-20H2,1H3. The third-order valence-electron chi connectivity index (χ3n) is 5.80. The van der Waals surface area contributed by atoms with Gasteiger partial charge in [-0.05, 0) is 49.4 Å². The van der Waals surface area contributed by atoms with Crippen LogP contribution in [-0.4, -0.2) is 55.7 Å². The SMILES string of the molecule is CCN(Cc1ccccc1)C(=O)COC(=O)CCc1ccc(S(=O)(=O)N2CCCCC2)cc1. The van der Waals surface area contributed by atoms with Gasteiger partial charge in [0, 0.05) is 32.6 Å². The van der Waals surface area contributed by atoms with E-state index in [-0.39, 0.29) is 23.8 Å². The van der Waals surface area contributed by atoms with Crippen LogP contribution in [0.5, 0.6) is 0 Å². The molecule has 7 nitrogen and oxygen atoms in total. The van der Waals surface area contributed by atoms with Crippen molar-refractivity contribution in [3.63, 3.8) is 0 Å². The van der Waals surface area contributed by atoms with Gasteiger partial charge in [-0.15, -0.1) is 0 Å². The Morgan fingerprint density at radius 1 is 0.939 bits per heavy atom. The number of piperidine rings is 1. The van der Waals surface area contributed by atoms with Crippen LogP contribution in [0, 0.1) is 0 Å². The van der Waals surface area contributed by atoms with E-state index < -0.39 is 16.0 Å². The quantitative estimate of drug-likeness (QED) is 0.495. The number of sulfonamides is 1. The van der Waals surface area contributed by atoms with Gasteiger partial charge in [-0.1, -0.05) is 48.9 Å². The Balaban J connectivity index is 1.45. The number of hydrogen-bond acceptors (Lipinski definition) is 5. The first-order valence-corrected chi connectivity index (χ1v) is 12.9. The minimum absolute atomic E-state index is 0.121. The average Bonchev–Trinajstić information content (AvgIpc) is 2.86. The predicted octanol–water partition coefficient (Wildman–Crippen LogP) is 3.39. The van der Waals surface area contributed by atoms with Crippen LogP contribution in [0.15, 0.2) is 59.5 Å². The molecule has 2 aromatic carbocycles. The van der Waals surface area contributed by atoms with Gasteiger partial charge in [0.05, 0.1) is 4.90 Å². The highest BCUT2D eigenvalue weighted by Gasteiger charge is 2.25. The lowest BCUT2D eigenvalue weighted by atomic mass is 10.1. The summed E-state index contributed by atoms with van der Waals surface area (Å²) in [5.74, 6) is -0.689. The van der Waals surface area contributed by atoms with Gasteiger partial charge in [0.1, 0.15) is 0 Å². The number of amides is 1. The molecule has 1 fully saturated rings. The molecule has 0 bridgehead atoms. The summed E-state index contributed by atoms with van der Waals surface area (Å²) in [6.45, 7) is 3.73. The average molecular weight is 473 g/mol. The van der Waals surface area contributed by atoms with Crippen molar-refractivity contribution in [3.8, 4) is 0 Å². The topological polar surface area (TPSA) is 84.0 Å². The van der Waals surface area contributed by atoms with Crippen molar-refractivity contribution in [1.29, 1.82) is 0 Å². The molecule has 178 valence electrons. The van der Waals surface area contributed by atoms with Crippen molar-refractivity contribution in [2.45, 2.75) is 50.5 Å². The summed E-state index contributed by atoms with van der Waals surface area (Å²) in [5.41, 5.74) is 1.86. The van der Waals surface area contributed by atoms with Gasteiger partial charge < -0.3 is 9.64 Å². The number of hydrogen-bond donors (Lipinski definition) is 0. The summed E-state index contributed by atoms with van der Waals surface area (Å²) >= 11 is 0. The van der Waals surface area contributed by atoms with E-state index in [1.165, 1.54) is 4.31 Å². The maximum Gasteiger partial charge on any atom is 0.306 e. The van der Waals surface area contributed by atoms with Gasteiger partial charge >= 0.3 is 5.97 Å². The number of carbonyl (C=O) groups excluding carboxylic acids is 2. The van der Waals surface area contributed by atoms with Crippen LogP contribution in [0.3, 0.4) is 0 Å². The number of rotatable bonds is 10. The molecule has 0 N–H and O–H groups in total. The Morgan fingerprint density at radius 2 is 1.61 bits per heavy atom. The summed E-state index contributed by atoms with van der Waals surface area (Å²) in [6.07, 6.45) is 3.39. The lowest BCUT2D eigenvalue weighted by molar-refractivity contribution is -0.152. The zero-order valence-corrected chi connectivity index (χ0v) is 19.9. The summed E-state index contributed by atoms with van der Waals surface area (Å²) in [4.78, 5) is 26.5. The molecule has 1 aliphatic heterocycles. The molecular weight excluding hydrogens is 440 g/mol. The number of benzene rings is 2. The second kappa shape index (κ2) is 12.0. The van der Waals surface area contributed by atoms with Crippen molar-refractivity contribution in [3.05, 3.63) is 65.7 Å². The van der Waals surface area contributed by atoms with Crippen LogP contribution in [0.2, 0.25) is 0 Å². The van der Waals surface area contributed by atoms with Gasteiger partial charge in [0.2, 0.25) is 10.0 Å². The van der Waals surface area contributed by atoms with E-state index in [0.29, 0.717) is 32.6 Å². The molecule has 0 aliphatic carbocycles. The minimum Gasteiger partial charge on any atom is -0.456 e. The number of likely N-dealkylation sites (N-methyl/N-ethyl adjacent to an activating group) is 1. The highest BCUT2D eigenvalue weighted by Crippen LogP contribution is 2.21. The van der Waals surface area contributed by atoms with Gasteiger partial charge in [-0.25, -0.2) is 8.42 Å². The van der Waals surface area contributed by atoms with Crippen LogP contribution >= 0.6 is 0 Å². The molecule has 1 aliphatic rings. The van der Waals surface area contributed by atoms with Gasteiger partial charge in [-0.2, -0.15) is 4.31 Å².